The van der Waals surface area contributed by atoms with E-state index in [0.717, 1.165) is 54.8 Å². The van der Waals surface area contributed by atoms with Crippen LogP contribution in [0.2, 0.25) is 0 Å². The van der Waals surface area contributed by atoms with Crippen LogP contribution in [0.4, 0.5) is 11.4 Å². The number of nitro benzene ring substituents is 2. The molecule has 15 heteroatoms. The SMILES string of the molecule is Br.COC(=O)c1ccc(-c2csc(Cc3cc(C)c([N+](=O)[O-])cc3C)n2)cc1.Cc1cc([N+](=O)[O-])c(C)cc1Cc1nc(-c2ccc(C(=O)O)cc2)cs1. The number of aromatic nitrogens is 2. The maximum Gasteiger partial charge on any atom is 0.337 e. The number of esters is 1. The zero-order valence-corrected chi connectivity index (χ0v) is 33.2. The van der Waals surface area contributed by atoms with Crippen LogP contribution in [0.3, 0.4) is 0 Å². The second-order valence-electron chi connectivity index (χ2n) is 12.2. The third kappa shape index (κ3) is 9.86. The van der Waals surface area contributed by atoms with Crippen molar-refractivity contribution in [2.75, 3.05) is 7.11 Å². The Balaban J connectivity index is 0.000000236. The van der Waals surface area contributed by atoms with Crippen molar-refractivity contribution in [3.8, 4) is 22.5 Å². The third-order valence-electron chi connectivity index (χ3n) is 8.52. The van der Waals surface area contributed by atoms with Gasteiger partial charge in [0.25, 0.3) is 11.4 Å². The number of hydrogen-bond donors (Lipinski definition) is 1. The summed E-state index contributed by atoms with van der Waals surface area (Å²) in [5.74, 6) is -1.33. The van der Waals surface area contributed by atoms with Crippen molar-refractivity contribution in [3.05, 3.63) is 158 Å². The topological polar surface area (TPSA) is 176 Å². The summed E-state index contributed by atoms with van der Waals surface area (Å²) in [5.41, 5.74) is 9.47. The molecule has 0 atom stereocenters. The van der Waals surface area contributed by atoms with E-state index in [-0.39, 0.29) is 49.7 Å². The molecule has 2 heterocycles. The molecule has 0 amide bonds. The molecule has 1 N–H and O–H groups in total. The number of halogens is 1. The predicted molar refractivity (Wildman–Crippen MR) is 214 cm³/mol. The van der Waals surface area contributed by atoms with Gasteiger partial charge in [-0.15, -0.1) is 39.7 Å². The maximum absolute atomic E-state index is 11.5. The number of rotatable bonds is 10. The third-order valence-corrected chi connectivity index (χ3v) is 10.2. The molecule has 278 valence electrons. The Bertz CT molecular complexity index is 2340. The van der Waals surface area contributed by atoms with E-state index < -0.39 is 5.97 Å². The molecule has 0 aliphatic heterocycles. The fraction of sp³-hybridized carbons (Fsp3) is 0.179. The summed E-state index contributed by atoms with van der Waals surface area (Å²) >= 11 is 3.06. The van der Waals surface area contributed by atoms with E-state index >= 15 is 0 Å². The number of methoxy groups -OCH3 is 1. The number of carboxylic acid groups (broad SMARTS) is 1. The number of carbonyl (C=O) groups is 2. The fourth-order valence-corrected chi connectivity index (χ4v) is 7.20. The van der Waals surface area contributed by atoms with Crippen LogP contribution in [0.15, 0.2) is 83.6 Å². The molecule has 0 saturated carbocycles. The number of thiazole rings is 2. The van der Waals surface area contributed by atoms with Gasteiger partial charge in [0.05, 0.1) is 49.5 Å². The lowest BCUT2D eigenvalue weighted by atomic mass is 10.0. The summed E-state index contributed by atoms with van der Waals surface area (Å²) in [5, 5.41) is 36.8. The normalized spacial score (nSPS) is 10.5. The van der Waals surface area contributed by atoms with Crippen molar-refractivity contribution in [2.45, 2.75) is 40.5 Å². The molecule has 0 aliphatic rings. The lowest BCUT2D eigenvalue weighted by Gasteiger charge is -2.06. The number of nitrogens with zero attached hydrogens (tertiary/aromatic N) is 4. The lowest BCUT2D eigenvalue weighted by molar-refractivity contribution is -0.385. The van der Waals surface area contributed by atoms with Crippen LogP contribution in [0, 0.1) is 47.9 Å². The van der Waals surface area contributed by atoms with Gasteiger partial charge in [0.1, 0.15) is 0 Å². The number of carboxylic acids is 1. The average molecular weight is 832 g/mol. The molecule has 0 fully saturated rings. The minimum atomic E-state index is -0.959. The molecule has 54 heavy (non-hydrogen) atoms. The van der Waals surface area contributed by atoms with Crippen molar-refractivity contribution in [3.63, 3.8) is 0 Å². The van der Waals surface area contributed by atoms with Crippen LogP contribution in [0.25, 0.3) is 22.5 Å². The molecule has 12 nitrogen and oxygen atoms in total. The summed E-state index contributed by atoms with van der Waals surface area (Å²) < 4.78 is 4.70. The Morgan fingerprint density at radius 3 is 1.41 bits per heavy atom. The molecule has 2 aromatic heterocycles. The van der Waals surface area contributed by atoms with E-state index in [0.29, 0.717) is 29.5 Å². The molecule has 4 aromatic carbocycles. The molecule has 6 aromatic rings. The van der Waals surface area contributed by atoms with Crippen LogP contribution in [0.5, 0.6) is 0 Å². The van der Waals surface area contributed by atoms with Crippen LogP contribution in [-0.2, 0) is 17.6 Å². The number of aromatic carboxylic acids is 1. The molecule has 0 aliphatic carbocycles. The van der Waals surface area contributed by atoms with Gasteiger partial charge >= 0.3 is 11.9 Å². The first-order valence-corrected chi connectivity index (χ1v) is 17.9. The van der Waals surface area contributed by atoms with E-state index in [1.807, 2.05) is 48.9 Å². The van der Waals surface area contributed by atoms with E-state index in [2.05, 4.69) is 9.97 Å². The van der Waals surface area contributed by atoms with Gasteiger partial charge in [-0.25, -0.2) is 19.6 Å². The predicted octanol–water partition coefficient (Wildman–Crippen LogP) is 9.91. The summed E-state index contributed by atoms with van der Waals surface area (Å²) in [6, 6.07) is 20.6. The van der Waals surface area contributed by atoms with E-state index in [1.165, 1.54) is 18.4 Å². The molecule has 0 unspecified atom stereocenters. The minimum absolute atomic E-state index is 0. The van der Waals surface area contributed by atoms with Gasteiger partial charge in [0.15, 0.2) is 0 Å². The smallest absolute Gasteiger partial charge is 0.337 e. The van der Waals surface area contributed by atoms with Crippen molar-refractivity contribution in [1.82, 2.24) is 9.97 Å². The number of benzene rings is 4. The van der Waals surface area contributed by atoms with Crippen LogP contribution >= 0.6 is 39.7 Å². The standard InChI is InChI=1S/C20H18N2O4S.C19H16N2O4S.BrH/c1-12-9-18(22(24)25)13(2)8-16(12)10-19-21-17(11-27-19)14-4-6-15(7-5-14)20(23)26-3;1-11-8-17(21(24)25)12(2)7-15(11)9-18-20-16(10-26-18)13-3-5-14(6-4-13)19(22)23;/h4-9,11H,10H2,1-3H3;3-8,10H,9H2,1-2H3,(H,22,23);1H. The monoisotopic (exact) mass is 830 g/mol. The van der Waals surface area contributed by atoms with Crippen molar-refractivity contribution in [1.29, 1.82) is 0 Å². The second-order valence-corrected chi connectivity index (χ2v) is 14.1. The van der Waals surface area contributed by atoms with Gasteiger partial charge in [0, 0.05) is 58.0 Å². The Hall–Kier alpha value is -5.64. The van der Waals surface area contributed by atoms with Crippen LogP contribution in [-0.4, -0.2) is 44.0 Å². The van der Waals surface area contributed by atoms with Gasteiger partial charge in [-0.05, 0) is 86.3 Å². The van der Waals surface area contributed by atoms with E-state index in [9.17, 15) is 29.8 Å². The van der Waals surface area contributed by atoms with Gasteiger partial charge in [0.2, 0.25) is 0 Å². The minimum Gasteiger partial charge on any atom is -0.478 e. The number of carbonyl (C=O) groups excluding carboxylic acids is 1. The summed E-state index contributed by atoms with van der Waals surface area (Å²) in [6.07, 6.45) is 1.22. The van der Waals surface area contributed by atoms with Gasteiger partial charge < -0.3 is 9.84 Å². The summed E-state index contributed by atoms with van der Waals surface area (Å²) in [7, 11) is 1.35. The lowest BCUT2D eigenvalue weighted by Crippen LogP contribution is -2.00. The number of ether oxygens (including phenoxy) is 1. The van der Waals surface area contributed by atoms with Gasteiger partial charge in [-0.3, -0.25) is 20.2 Å². The Morgan fingerprint density at radius 2 is 1.06 bits per heavy atom. The van der Waals surface area contributed by atoms with Crippen molar-refractivity contribution in [2.24, 2.45) is 0 Å². The van der Waals surface area contributed by atoms with Crippen LogP contribution in [0.1, 0.15) is 64.1 Å². The molecule has 6 rings (SSSR count). The Kier molecular flexibility index (Phi) is 13.6. The number of nitro groups is 2. The van der Waals surface area contributed by atoms with Crippen molar-refractivity contribution < 1.29 is 29.3 Å². The first kappa shape index (κ1) is 41.1. The highest BCUT2D eigenvalue weighted by Crippen LogP contribution is 2.29. The highest BCUT2D eigenvalue weighted by molar-refractivity contribution is 8.93. The fourth-order valence-electron chi connectivity index (χ4n) is 5.55. The van der Waals surface area contributed by atoms with E-state index in [4.69, 9.17) is 9.84 Å². The first-order chi connectivity index (χ1) is 25.2. The summed E-state index contributed by atoms with van der Waals surface area (Å²) in [6.45, 7) is 7.22. The number of aryl methyl sites for hydroxylation is 4. The molecule has 0 saturated heterocycles. The molecule has 0 bridgehead atoms. The second kappa shape index (κ2) is 17.9. The summed E-state index contributed by atoms with van der Waals surface area (Å²) in [4.78, 5) is 53.1. The zero-order valence-electron chi connectivity index (χ0n) is 29.8. The molecule has 0 radical (unpaired) electrons. The van der Waals surface area contributed by atoms with Gasteiger partial charge in [-0.2, -0.15) is 0 Å². The maximum atomic E-state index is 11.5. The Morgan fingerprint density at radius 1 is 0.667 bits per heavy atom. The first-order valence-electron chi connectivity index (χ1n) is 16.1. The largest absolute Gasteiger partial charge is 0.478 e. The molecule has 0 spiro atoms. The zero-order chi connectivity index (χ0) is 38.4. The van der Waals surface area contributed by atoms with Crippen molar-refractivity contribution >= 4 is 63.0 Å². The highest BCUT2D eigenvalue weighted by atomic mass is 79.9. The van der Waals surface area contributed by atoms with Gasteiger partial charge in [-0.1, -0.05) is 24.3 Å². The molecular weight excluding hydrogens is 796 g/mol. The quantitative estimate of drug-likeness (QED) is 0.0794. The Labute approximate surface area is 329 Å². The van der Waals surface area contributed by atoms with E-state index in [1.54, 1.807) is 73.7 Å². The average Bonchev–Trinajstić information content (AvgIpc) is 3.81. The van der Waals surface area contributed by atoms with Crippen LogP contribution < -0.4 is 0 Å². The number of hydrogen-bond acceptors (Lipinski definition) is 11. The molecular formula is C39H35BrN4O8S2. The highest BCUT2D eigenvalue weighted by Gasteiger charge is 2.17.